The van der Waals surface area contributed by atoms with Crippen LogP contribution >= 0.6 is 0 Å². The number of benzene rings is 3. The first kappa shape index (κ1) is 34.1. The Morgan fingerprint density at radius 2 is 1.75 bits per heavy atom. The number of nitrogens with zero attached hydrogens (tertiary/aromatic N) is 2. The number of carbonyl (C=O) groups is 1. The summed E-state index contributed by atoms with van der Waals surface area (Å²) in [7, 11) is 1.72. The number of alkyl halides is 4. The number of aryl methyl sites for hydroxylation is 1. The Balaban J connectivity index is 0.00000259. The third kappa shape index (κ3) is 9.07. The summed E-state index contributed by atoms with van der Waals surface area (Å²) in [4.78, 5) is 14.6. The lowest BCUT2D eigenvalue weighted by Gasteiger charge is -2.31. The van der Waals surface area contributed by atoms with E-state index in [1.54, 1.807) is 54.4 Å². The number of amides is 1. The van der Waals surface area contributed by atoms with Crippen LogP contribution in [0.5, 0.6) is 11.5 Å². The molecule has 0 saturated heterocycles. The standard InChI is InChI=1S/C30H29F5N4O3.C2H6/c1-39-16-21-11-23(12-25(33)29(21)42-24(13-31)14-32)37-28(40)9-5-19-10-20(4-8-26(19)41-17-27(34)35)30(39)38-22-6-2-18(15-36)3-7-22;1-2/h2-4,6-8,10-12,24,27,30,38H,5,9,13-14,16-17H2,1H3,(H,37,40);1-2H3. The summed E-state index contributed by atoms with van der Waals surface area (Å²) in [6.45, 7) is 0.830. The van der Waals surface area contributed by atoms with E-state index in [4.69, 9.17) is 14.7 Å². The topological polar surface area (TPSA) is 86.6 Å². The molecule has 0 radical (unpaired) electrons. The van der Waals surface area contributed by atoms with Crippen LogP contribution in [0.1, 0.15) is 48.7 Å². The Morgan fingerprint density at radius 3 is 2.39 bits per heavy atom. The van der Waals surface area contributed by atoms with Gasteiger partial charge in [0.05, 0.1) is 11.6 Å². The van der Waals surface area contributed by atoms with Crippen LogP contribution in [0.3, 0.4) is 0 Å². The van der Waals surface area contributed by atoms with Crippen LogP contribution < -0.4 is 20.1 Å². The second kappa shape index (κ2) is 16.5. The number of ether oxygens (including phenoxy) is 2. The van der Waals surface area contributed by atoms with Gasteiger partial charge in [-0.2, -0.15) is 5.26 Å². The van der Waals surface area contributed by atoms with Gasteiger partial charge in [-0.05, 0) is 67.1 Å². The molecule has 3 aromatic rings. The van der Waals surface area contributed by atoms with Gasteiger partial charge in [0.25, 0.3) is 6.43 Å². The number of hydrogen-bond donors (Lipinski definition) is 2. The van der Waals surface area contributed by atoms with Crippen molar-refractivity contribution in [2.45, 2.75) is 51.9 Å². The largest absolute Gasteiger partial charge is 0.487 e. The minimum atomic E-state index is -2.70. The number of rotatable bonds is 9. The number of nitrogens with one attached hydrogen (secondary N) is 2. The first-order valence-corrected chi connectivity index (χ1v) is 14.1. The zero-order chi connectivity index (χ0) is 32.2. The van der Waals surface area contributed by atoms with E-state index in [9.17, 15) is 22.4 Å². The molecule has 0 fully saturated rings. The molecule has 1 aliphatic heterocycles. The lowest BCUT2D eigenvalue weighted by atomic mass is 10.0. The van der Waals surface area contributed by atoms with E-state index in [2.05, 4.69) is 16.7 Å². The van der Waals surface area contributed by atoms with Gasteiger partial charge in [0.1, 0.15) is 31.9 Å². The number of anilines is 2. The van der Waals surface area contributed by atoms with Gasteiger partial charge in [0, 0.05) is 36.0 Å². The Bertz CT molecular complexity index is 1430. The molecule has 0 spiro atoms. The molecule has 0 aromatic heterocycles. The summed E-state index contributed by atoms with van der Waals surface area (Å²) in [5, 5.41) is 15.1. The molecule has 1 aliphatic rings. The van der Waals surface area contributed by atoms with Crippen molar-refractivity contribution in [1.82, 2.24) is 4.90 Å². The zero-order valence-corrected chi connectivity index (χ0v) is 24.7. The number of halogens is 5. The van der Waals surface area contributed by atoms with E-state index in [1.165, 1.54) is 6.07 Å². The molecule has 1 atom stereocenters. The number of fused-ring (bicyclic) bond motifs is 4. The molecule has 7 nitrogen and oxygen atoms in total. The smallest absolute Gasteiger partial charge is 0.272 e. The van der Waals surface area contributed by atoms with Gasteiger partial charge in [-0.15, -0.1) is 0 Å². The summed E-state index contributed by atoms with van der Waals surface area (Å²) in [5.74, 6) is -1.52. The summed E-state index contributed by atoms with van der Waals surface area (Å²) >= 11 is 0. The Hall–Kier alpha value is -4.37. The molecule has 4 bridgehead atoms. The fraction of sp³-hybridized carbons (Fsp3) is 0.375. The lowest BCUT2D eigenvalue weighted by Crippen LogP contribution is -2.31. The van der Waals surface area contributed by atoms with Crippen LogP contribution in [0.25, 0.3) is 0 Å². The number of carbonyl (C=O) groups excluding carboxylic acids is 1. The van der Waals surface area contributed by atoms with Gasteiger partial charge in [0.2, 0.25) is 5.91 Å². The lowest BCUT2D eigenvalue weighted by molar-refractivity contribution is -0.116. The molecule has 1 amide bonds. The quantitative estimate of drug-likeness (QED) is 0.247. The maximum atomic E-state index is 15.3. The molecular formula is C32H35F5N4O3. The molecule has 12 heteroatoms. The van der Waals surface area contributed by atoms with Gasteiger partial charge < -0.3 is 20.1 Å². The first-order valence-electron chi connectivity index (χ1n) is 14.1. The van der Waals surface area contributed by atoms with Crippen molar-refractivity contribution < 1.29 is 36.2 Å². The molecule has 0 aliphatic carbocycles. The molecule has 3 aromatic carbocycles. The molecule has 2 N–H and O–H groups in total. The molecule has 0 saturated carbocycles. The van der Waals surface area contributed by atoms with E-state index < -0.39 is 50.4 Å². The maximum Gasteiger partial charge on any atom is 0.272 e. The number of hydrogen-bond acceptors (Lipinski definition) is 6. The monoisotopic (exact) mass is 618 g/mol. The predicted molar refractivity (Wildman–Crippen MR) is 158 cm³/mol. The first-order chi connectivity index (χ1) is 21.2. The van der Waals surface area contributed by atoms with Crippen LogP contribution in [-0.4, -0.2) is 50.3 Å². The van der Waals surface area contributed by atoms with Crippen LogP contribution in [0.2, 0.25) is 0 Å². The van der Waals surface area contributed by atoms with Crippen molar-refractivity contribution in [2.75, 3.05) is 37.6 Å². The molecular weight excluding hydrogens is 583 g/mol. The molecule has 44 heavy (non-hydrogen) atoms. The average molecular weight is 619 g/mol. The van der Waals surface area contributed by atoms with E-state index in [0.717, 1.165) is 6.07 Å². The highest BCUT2D eigenvalue weighted by atomic mass is 19.3. The minimum Gasteiger partial charge on any atom is -0.487 e. The van der Waals surface area contributed by atoms with Crippen LogP contribution in [0, 0.1) is 17.1 Å². The summed E-state index contributed by atoms with van der Waals surface area (Å²) in [5.41, 5.74) is 2.60. The number of nitriles is 1. The van der Waals surface area contributed by atoms with E-state index in [0.29, 0.717) is 22.4 Å². The SMILES string of the molecule is CC.CN1Cc2cc(cc(F)c2OC(CF)CF)NC(=O)CCc2cc(ccc2OCC(F)F)C1Nc1ccc(C#N)cc1. The zero-order valence-electron chi connectivity index (χ0n) is 24.7. The fourth-order valence-corrected chi connectivity index (χ4v) is 4.58. The van der Waals surface area contributed by atoms with Gasteiger partial charge in [-0.1, -0.05) is 19.9 Å². The molecule has 236 valence electrons. The van der Waals surface area contributed by atoms with Crippen LogP contribution in [0.15, 0.2) is 54.6 Å². The minimum absolute atomic E-state index is 0.00579. The fourth-order valence-electron chi connectivity index (χ4n) is 4.58. The van der Waals surface area contributed by atoms with Crippen molar-refractivity contribution in [3.63, 3.8) is 0 Å². The third-order valence-electron chi connectivity index (χ3n) is 6.60. The summed E-state index contributed by atoms with van der Waals surface area (Å²) < 4.78 is 78.4. The van der Waals surface area contributed by atoms with Crippen molar-refractivity contribution in [1.29, 1.82) is 5.26 Å². The van der Waals surface area contributed by atoms with Gasteiger partial charge in [-0.3, -0.25) is 9.69 Å². The Labute approximate surface area is 253 Å². The highest BCUT2D eigenvalue weighted by Gasteiger charge is 2.25. The average Bonchev–Trinajstić information content (AvgIpc) is 3.02. The van der Waals surface area contributed by atoms with Crippen LogP contribution in [-0.2, 0) is 17.8 Å². The third-order valence-corrected chi connectivity index (χ3v) is 6.60. The van der Waals surface area contributed by atoms with Crippen molar-refractivity contribution in [3.05, 3.63) is 82.7 Å². The van der Waals surface area contributed by atoms with Crippen molar-refractivity contribution >= 4 is 17.3 Å². The molecule has 4 rings (SSSR count). The van der Waals surface area contributed by atoms with Crippen molar-refractivity contribution in [2.24, 2.45) is 0 Å². The normalized spacial score (nSPS) is 15.1. The van der Waals surface area contributed by atoms with Crippen LogP contribution in [0.4, 0.5) is 33.3 Å². The highest BCUT2D eigenvalue weighted by molar-refractivity contribution is 5.91. The second-order valence-electron chi connectivity index (χ2n) is 9.76. The Morgan fingerprint density at radius 1 is 1.05 bits per heavy atom. The Kier molecular flexibility index (Phi) is 12.8. The second-order valence-corrected chi connectivity index (χ2v) is 9.76. The van der Waals surface area contributed by atoms with Gasteiger partial charge in [-0.25, -0.2) is 22.0 Å². The van der Waals surface area contributed by atoms with E-state index in [-0.39, 0.29) is 42.1 Å². The predicted octanol–water partition coefficient (Wildman–Crippen LogP) is 7.18. The van der Waals surface area contributed by atoms with Crippen molar-refractivity contribution in [3.8, 4) is 17.6 Å². The summed E-state index contributed by atoms with van der Waals surface area (Å²) in [6.07, 6.45) is -4.76. The van der Waals surface area contributed by atoms with Gasteiger partial charge >= 0.3 is 0 Å². The highest BCUT2D eigenvalue weighted by Crippen LogP contribution is 2.34. The molecule has 1 heterocycles. The maximum absolute atomic E-state index is 15.3. The van der Waals surface area contributed by atoms with E-state index >= 15 is 4.39 Å². The van der Waals surface area contributed by atoms with E-state index in [1.807, 2.05) is 13.8 Å². The molecule has 1 unspecified atom stereocenters. The van der Waals surface area contributed by atoms with Gasteiger partial charge in [0.15, 0.2) is 17.7 Å². The summed E-state index contributed by atoms with van der Waals surface area (Å²) in [6, 6.07) is 16.2.